The number of aryl methyl sites for hydroxylation is 1. The summed E-state index contributed by atoms with van der Waals surface area (Å²) >= 11 is 0. The zero-order valence-corrected chi connectivity index (χ0v) is 15.6. The molecule has 1 atom stereocenters. The summed E-state index contributed by atoms with van der Waals surface area (Å²) in [5.74, 6) is -0.118. The second kappa shape index (κ2) is 7.56. The minimum atomic E-state index is -0.0723. The molecule has 2 aromatic rings. The Bertz CT molecular complexity index is 840. The third-order valence-corrected chi connectivity index (χ3v) is 5.36. The van der Waals surface area contributed by atoms with E-state index in [9.17, 15) is 9.59 Å². The van der Waals surface area contributed by atoms with Crippen molar-refractivity contribution < 1.29 is 9.59 Å². The lowest BCUT2D eigenvalue weighted by Gasteiger charge is -2.24. The number of hydrogen-bond acceptors (Lipinski definition) is 3. The predicted octanol–water partition coefficient (Wildman–Crippen LogP) is 2.69. The van der Waals surface area contributed by atoms with Crippen molar-refractivity contribution in [2.75, 3.05) is 18.4 Å². The van der Waals surface area contributed by atoms with Crippen molar-refractivity contribution in [3.8, 4) is 0 Å². The van der Waals surface area contributed by atoms with Crippen molar-refractivity contribution in [2.45, 2.75) is 37.8 Å². The Morgan fingerprint density at radius 2 is 2.00 bits per heavy atom. The number of likely N-dealkylation sites (tertiary alicyclic amines) is 1. The maximum atomic E-state index is 12.6. The summed E-state index contributed by atoms with van der Waals surface area (Å²) in [6.45, 7) is 1.28. The van der Waals surface area contributed by atoms with E-state index >= 15 is 0 Å². The number of carbonyl (C=O) groups excluding carboxylic acids is 2. The van der Waals surface area contributed by atoms with Crippen LogP contribution in [0.5, 0.6) is 0 Å². The molecular weight excluding hydrogens is 340 g/mol. The lowest BCUT2D eigenvalue weighted by atomic mass is 10.1. The summed E-state index contributed by atoms with van der Waals surface area (Å²) in [6, 6.07) is 11.9. The van der Waals surface area contributed by atoms with Gasteiger partial charge in [0.2, 0.25) is 5.91 Å². The maximum Gasteiger partial charge on any atom is 0.251 e. The summed E-state index contributed by atoms with van der Waals surface area (Å²) in [4.78, 5) is 27.0. The number of rotatable bonds is 6. The van der Waals surface area contributed by atoms with E-state index in [2.05, 4.69) is 26.2 Å². The molecule has 2 fully saturated rings. The van der Waals surface area contributed by atoms with Crippen LogP contribution < -0.4 is 10.6 Å². The van der Waals surface area contributed by atoms with Gasteiger partial charge in [0, 0.05) is 36.2 Å². The molecule has 0 unspecified atom stereocenters. The lowest BCUT2D eigenvalue weighted by Crippen LogP contribution is -2.33. The molecule has 6 heteroatoms. The molecule has 27 heavy (non-hydrogen) atoms. The minimum absolute atomic E-state index is 0.0455. The zero-order valence-electron chi connectivity index (χ0n) is 15.6. The standard InChI is InChI=1S/C21H26N4O2/c1-24-11-3-7-18(24)19-8-4-12-25(19)14-20(26)22-17-6-2-5-15(13-17)21(27)23-16-9-10-16/h2-3,5-7,11,13,16,19H,4,8-10,12,14H2,1H3,(H,22,26)(H,23,27)/t19-/m1/s1. The highest BCUT2D eigenvalue weighted by Gasteiger charge is 2.29. The zero-order chi connectivity index (χ0) is 18.8. The number of carbonyl (C=O) groups is 2. The highest BCUT2D eigenvalue weighted by molar-refractivity contribution is 5.97. The fourth-order valence-electron chi connectivity index (χ4n) is 3.79. The number of amides is 2. The number of nitrogens with one attached hydrogen (secondary N) is 2. The monoisotopic (exact) mass is 366 g/mol. The van der Waals surface area contributed by atoms with Gasteiger partial charge in [-0.3, -0.25) is 14.5 Å². The first-order valence-electron chi connectivity index (χ1n) is 9.66. The van der Waals surface area contributed by atoms with Crippen LogP contribution in [-0.4, -0.2) is 40.4 Å². The van der Waals surface area contributed by atoms with Gasteiger partial charge in [0.25, 0.3) is 5.91 Å². The predicted molar refractivity (Wildman–Crippen MR) is 105 cm³/mol. The molecule has 2 aliphatic rings. The second-order valence-electron chi connectivity index (χ2n) is 7.55. The van der Waals surface area contributed by atoms with Crippen LogP contribution in [0.25, 0.3) is 0 Å². The van der Waals surface area contributed by atoms with Gasteiger partial charge in [0.1, 0.15) is 0 Å². The Kier molecular flexibility index (Phi) is 4.99. The number of benzene rings is 1. The van der Waals surface area contributed by atoms with E-state index in [1.807, 2.05) is 25.4 Å². The quantitative estimate of drug-likeness (QED) is 0.826. The van der Waals surface area contributed by atoms with Crippen LogP contribution in [0, 0.1) is 0 Å². The molecule has 1 saturated heterocycles. The normalized spacial score (nSPS) is 19.8. The van der Waals surface area contributed by atoms with E-state index in [1.54, 1.807) is 18.2 Å². The van der Waals surface area contributed by atoms with Crippen molar-refractivity contribution in [1.29, 1.82) is 0 Å². The fraction of sp³-hybridized carbons (Fsp3) is 0.429. The van der Waals surface area contributed by atoms with Crippen molar-refractivity contribution in [3.63, 3.8) is 0 Å². The molecule has 2 heterocycles. The molecule has 2 amide bonds. The molecule has 1 aliphatic carbocycles. The molecular formula is C21H26N4O2. The van der Waals surface area contributed by atoms with Gasteiger partial charge in [0.05, 0.1) is 12.6 Å². The Morgan fingerprint density at radius 3 is 2.74 bits per heavy atom. The van der Waals surface area contributed by atoms with Crippen LogP contribution in [-0.2, 0) is 11.8 Å². The summed E-state index contributed by atoms with van der Waals surface area (Å²) < 4.78 is 2.13. The number of nitrogens with zero attached hydrogens (tertiary/aromatic N) is 2. The van der Waals surface area contributed by atoms with E-state index in [0.717, 1.165) is 32.2 Å². The van der Waals surface area contributed by atoms with Gasteiger partial charge in [-0.15, -0.1) is 0 Å². The van der Waals surface area contributed by atoms with Crippen molar-refractivity contribution >= 4 is 17.5 Å². The molecule has 142 valence electrons. The molecule has 0 spiro atoms. The summed E-state index contributed by atoms with van der Waals surface area (Å²) in [6.07, 6.45) is 6.33. The largest absolute Gasteiger partial charge is 0.353 e. The molecule has 1 aromatic carbocycles. The highest BCUT2D eigenvalue weighted by Crippen LogP contribution is 2.31. The SMILES string of the molecule is Cn1cccc1[C@H]1CCCN1CC(=O)Nc1cccc(C(=O)NC2CC2)c1. The Hall–Kier alpha value is -2.60. The van der Waals surface area contributed by atoms with Crippen LogP contribution in [0.15, 0.2) is 42.6 Å². The van der Waals surface area contributed by atoms with Crippen LogP contribution in [0.2, 0.25) is 0 Å². The molecule has 1 aromatic heterocycles. The van der Waals surface area contributed by atoms with Gasteiger partial charge in [-0.2, -0.15) is 0 Å². The fourth-order valence-corrected chi connectivity index (χ4v) is 3.79. The van der Waals surface area contributed by atoms with Crippen LogP contribution in [0.3, 0.4) is 0 Å². The summed E-state index contributed by atoms with van der Waals surface area (Å²) in [7, 11) is 2.05. The summed E-state index contributed by atoms with van der Waals surface area (Å²) in [5.41, 5.74) is 2.50. The van der Waals surface area contributed by atoms with Crippen molar-refractivity contribution in [1.82, 2.24) is 14.8 Å². The van der Waals surface area contributed by atoms with Gasteiger partial charge in [0.15, 0.2) is 0 Å². The average Bonchev–Trinajstić information content (AvgIpc) is 3.17. The van der Waals surface area contributed by atoms with Gasteiger partial charge < -0.3 is 15.2 Å². The first kappa shape index (κ1) is 17.8. The molecule has 4 rings (SSSR count). The van der Waals surface area contributed by atoms with E-state index < -0.39 is 0 Å². The highest BCUT2D eigenvalue weighted by atomic mass is 16.2. The average molecular weight is 366 g/mol. The first-order chi connectivity index (χ1) is 13.1. The maximum absolute atomic E-state index is 12.6. The van der Waals surface area contributed by atoms with E-state index in [4.69, 9.17) is 0 Å². The van der Waals surface area contributed by atoms with Gasteiger partial charge in [-0.1, -0.05) is 6.07 Å². The molecule has 6 nitrogen and oxygen atoms in total. The molecule has 2 N–H and O–H groups in total. The minimum Gasteiger partial charge on any atom is -0.353 e. The molecule has 1 saturated carbocycles. The molecule has 1 aliphatic heterocycles. The smallest absolute Gasteiger partial charge is 0.251 e. The molecule has 0 bridgehead atoms. The van der Waals surface area contributed by atoms with Crippen molar-refractivity contribution in [2.24, 2.45) is 7.05 Å². The summed E-state index contributed by atoms with van der Waals surface area (Å²) in [5, 5.41) is 5.92. The van der Waals surface area contributed by atoms with Gasteiger partial charge in [-0.05, 0) is 62.6 Å². The van der Waals surface area contributed by atoms with E-state index in [1.165, 1.54) is 5.69 Å². The Labute approximate surface area is 159 Å². The van der Waals surface area contributed by atoms with Gasteiger partial charge in [-0.25, -0.2) is 0 Å². The molecule has 0 radical (unpaired) electrons. The van der Waals surface area contributed by atoms with Crippen LogP contribution in [0.1, 0.15) is 47.8 Å². The van der Waals surface area contributed by atoms with E-state index in [-0.39, 0.29) is 17.9 Å². The Morgan fingerprint density at radius 1 is 1.15 bits per heavy atom. The lowest BCUT2D eigenvalue weighted by molar-refractivity contribution is -0.117. The topological polar surface area (TPSA) is 66.4 Å². The third-order valence-electron chi connectivity index (χ3n) is 5.36. The van der Waals surface area contributed by atoms with Crippen LogP contribution in [0.4, 0.5) is 5.69 Å². The second-order valence-corrected chi connectivity index (χ2v) is 7.55. The first-order valence-corrected chi connectivity index (χ1v) is 9.66. The van der Waals surface area contributed by atoms with Crippen LogP contribution >= 0.6 is 0 Å². The number of aromatic nitrogens is 1. The third kappa shape index (κ3) is 4.22. The number of hydrogen-bond donors (Lipinski definition) is 2. The van der Waals surface area contributed by atoms with Crippen molar-refractivity contribution in [3.05, 3.63) is 53.9 Å². The van der Waals surface area contributed by atoms with Gasteiger partial charge >= 0.3 is 0 Å². The number of anilines is 1. The Balaban J connectivity index is 1.37. The van der Waals surface area contributed by atoms with E-state index in [0.29, 0.717) is 23.8 Å².